The van der Waals surface area contributed by atoms with E-state index in [0.717, 1.165) is 0 Å². The minimum atomic E-state index is -1.71. The predicted molar refractivity (Wildman–Crippen MR) is 85.2 cm³/mol. The van der Waals surface area contributed by atoms with Crippen molar-refractivity contribution in [2.24, 2.45) is 5.92 Å². The van der Waals surface area contributed by atoms with Crippen molar-refractivity contribution in [3.8, 4) is 0 Å². The number of carbonyl (C=O) groups excluding carboxylic acids is 1. The van der Waals surface area contributed by atoms with Gasteiger partial charge in [-0.15, -0.1) is 0 Å². The summed E-state index contributed by atoms with van der Waals surface area (Å²) >= 11 is 22.9. The minimum absolute atomic E-state index is 0.219. The number of ether oxygens (including phenoxy) is 1. The summed E-state index contributed by atoms with van der Waals surface area (Å²) in [6.45, 7) is 6.03. The van der Waals surface area contributed by atoms with Gasteiger partial charge in [-0.05, 0) is 12.2 Å². The van der Waals surface area contributed by atoms with Crippen molar-refractivity contribution in [1.82, 2.24) is 15.5 Å². The third-order valence-electron chi connectivity index (χ3n) is 2.70. The quantitative estimate of drug-likeness (QED) is 0.454. The molecule has 1 aliphatic heterocycles. The van der Waals surface area contributed by atoms with Gasteiger partial charge in [-0.3, -0.25) is 4.79 Å². The Morgan fingerprint density at radius 3 is 2.25 bits per heavy atom. The summed E-state index contributed by atoms with van der Waals surface area (Å²) in [6.07, 6.45) is -0.891. The Balaban J connectivity index is 2.64. The monoisotopic (exact) mass is 361 g/mol. The van der Waals surface area contributed by atoms with Crippen LogP contribution in [0.3, 0.4) is 0 Å². The zero-order chi connectivity index (χ0) is 15.3. The second kappa shape index (κ2) is 7.84. The summed E-state index contributed by atoms with van der Waals surface area (Å²) < 4.78 is 3.53. The van der Waals surface area contributed by atoms with Crippen LogP contribution in [0.1, 0.15) is 13.8 Å². The van der Waals surface area contributed by atoms with E-state index < -0.39 is 9.96 Å². The molecule has 0 aromatic rings. The third kappa shape index (κ3) is 5.77. The molecule has 1 fully saturated rings. The fourth-order valence-electron chi connectivity index (χ4n) is 1.49. The Morgan fingerprint density at radius 2 is 1.80 bits per heavy atom. The Hall–Kier alpha value is -0.0100. The van der Waals surface area contributed by atoms with Crippen LogP contribution in [-0.2, 0) is 9.53 Å². The molecule has 1 atom stereocenters. The number of hydrogen-bond donors (Lipinski definition) is 2. The van der Waals surface area contributed by atoms with Gasteiger partial charge in [0.25, 0.3) is 0 Å². The van der Waals surface area contributed by atoms with Crippen molar-refractivity contribution in [3.05, 3.63) is 0 Å². The maximum Gasteiger partial charge on any atom is 0.228 e. The molecular weight excluding hydrogens is 345 g/mol. The lowest BCUT2D eigenvalue weighted by Gasteiger charge is -2.34. The summed E-state index contributed by atoms with van der Waals surface area (Å²) in [7, 11) is 0. The van der Waals surface area contributed by atoms with Gasteiger partial charge in [-0.2, -0.15) is 0 Å². The van der Waals surface area contributed by atoms with Crippen LogP contribution in [0.15, 0.2) is 0 Å². The fraction of sp³-hybridized carbons (Fsp3) is 0.818. The summed E-state index contributed by atoms with van der Waals surface area (Å²) in [5.74, 6) is -0.442. The van der Waals surface area contributed by atoms with E-state index >= 15 is 0 Å². The molecule has 0 bridgehead atoms. The largest absolute Gasteiger partial charge is 0.378 e. The van der Waals surface area contributed by atoms with Gasteiger partial charge < -0.3 is 20.3 Å². The van der Waals surface area contributed by atoms with E-state index in [-0.39, 0.29) is 11.8 Å². The van der Waals surface area contributed by atoms with E-state index in [9.17, 15) is 4.79 Å². The number of thiocarbonyl (C=S) groups is 1. The molecular formula is C11H18Cl3N3O2S. The van der Waals surface area contributed by atoms with E-state index in [1.54, 1.807) is 13.8 Å². The van der Waals surface area contributed by atoms with Crippen LogP contribution in [0.2, 0.25) is 0 Å². The Bertz CT molecular complexity index is 357. The molecule has 20 heavy (non-hydrogen) atoms. The fourth-order valence-corrected chi connectivity index (χ4v) is 2.12. The molecule has 116 valence electrons. The molecule has 1 rings (SSSR count). The zero-order valence-corrected chi connectivity index (χ0v) is 14.4. The van der Waals surface area contributed by atoms with Crippen molar-refractivity contribution in [2.75, 3.05) is 26.3 Å². The number of morpholine rings is 1. The summed E-state index contributed by atoms with van der Waals surface area (Å²) in [5, 5.41) is 5.95. The van der Waals surface area contributed by atoms with Gasteiger partial charge in [0.1, 0.15) is 6.17 Å². The van der Waals surface area contributed by atoms with Crippen LogP contribution in [0.25, 0.3) is 0 Å². The molecule has 1 saturated heterocycles. The Kier molecular flexibility index (Phi) is 7.08. The van der Waals surface area contributed by atoms with Crippen LogP contribution >= 0.6 is 47.0 Å². The molecule has 0 spiro atoms. The average Bonchev–Trinajstić information content (AvgIpc) is 2.37. The number of halogens is 3. The van der Waals surface area contributed by atoms with Gasteiger partial charge in [0, 0.05) is 19.0 Å². The summed E-state index contributed by atoms with van der Waals surface area (Å²) in [5.41, 5.74) is 0. The van der Waals surface area contributed by atoms with Crippen LogP contribution in [0, 0.1) is 5.92 Å². The smallest absolute Gasteiger partial charge is 0.228 e. The van der Waals surface area contributed by atoms with Crippen molar-refractivity contribution >= 4 is 58.0 Å². The Morgan fingerprint density at radius 1 is 1.25 bits per heavy atom. The molecule has 2 N–H and O–H groups in total. The van der Waals surface area contributed by atoms with Gasteiger partial charge in [0.2, 0.25) is 9.70 Å². The van der Waals surface area contributed by atoms with Crippen molar-refractivity contribution in [1.29, 1.82) is 0 Å². The van der Waals surface area contributed by atoms with E-state index in [1.807, 2.05) is 4.90 Å². The van der Waals surface area contributed by atoms with Gasteiger partial charge in [-0.1, -0.05) is 48.7 Å². The topological polar surface area (TPSA) is 53.6 Å². The molecule has 1 amide bonds. The van der Waals surface area contributed by atoms with Crippen molar-refractivity contribution < 1.29 is 9.53 Å². The molecule has 1 heterocycles. The first-order chi connectivity index (χ1) is 9.21. The number of carbonyl (C=O) groups is 1. The van der Waals surface area contributed by atoms with Gasteiger partial charge in [-0.25, -0.2) is 0 Å². The SMILES string of the molecule is CC(C)C(=O)N[C@H](NC(=S)N1CCOCC1)C(Cl)(Cl)Cl. The van der Waals surface area contributed by atoms with Gasteiger partial charge in [0.15, 0.2) is 5.11 Å². The van der Waals surface area contributed by atoms with Crippen molar-refractivity contribution in [3.63, 3.8) is 0 Å². The molecule has 0 radical (unpaired) electrons. The standard InChI is InChI=1S/C11H18Cl3N3O2S/c1-7(2)8(18)15-9(11(12,13)14)16-10(20)17-3-5-19-6-4-17/h7,9H,3-6H2,1-2H3,(H,15,18)(H,16,20)/t9-/m1/s1. The molecule has 9 heteroatoms. The number of rotatable bonds is 3. The molecule has 5 nitrogen and oxygen atoms in total. The van der Waals surface area contributed by atoms with Gasteiger partial charge in [0.05, 0.1) is 13.2 Å². The maximum absolute atomic E-state index is 11.8. The molecule has 0 aliphatic carbocycles. The number of nitrogens with one attached hydrogen (secondary N) is 2. The minimum Gasteiger partial charge on any atom is -0.378 e. The Labute approximate surface area is 139 Å². The molecule has 0 aromatic carbocycles. The molecule has 0 saturated carbocycles. The number of amides is 1. The highest BCUT2D eigenvalue weighted by Gasteiger charge is 2.35. The highest BCUT2D eigenvalue weighted by Crippen LogP contribution is 2.29. The lowest BCUT2D eigenvalue weighted by Crippen LogP contribution is -2.59. The van der Waals surface area contributed by atoms with Crippen LogP contribution < -0.4 is 10.6 Å². The first-order valence-electron chi connectivity index (χ1n) is 6.22. The predicted octanol–water partition coefficient (Wildman–Crippen LogP) is 1.66. The number of nitrogens with zero attached hydrogens (tertiary/aromatic N) is 1. The summed E-state index contributed by atoms with van der Waals surface area (Å²) in [4.78, 5) is 13.7. The maximum atomic E-state index is 11.8. The average molecular weight is 363 g/mol. The zero-order valence-electron chi connectivity index (χ0n) is 11.3. The molecule has 0 aromatic heterocycles. The lowest BCUT2D eigenvalue weighted by molar-refractivity contribution is -0.124. The van der Waals surface area contributed by atoms with Crippen LogP contribution in [-0.4, -0.2) is 52.2 Å². The van der Waals surface area contributed by atoms with Gasteiger partial charge >= 0.3 is 0 Å². The van der Waals surface area contributed by atoms with Crippen molar-refractivity contribution in [2.45, 2.75) is 23.8 Å². The first-order valence-corrected chi connectivity index (χ1v) is 7.76. The van der Waals surface area contributed by atoms with E-state index in [0.29, 0.717) is 31.4 Å². The number of hydrogen-bond acceptors (Lipinski definition) is 3. The molecule has 1 aliphatic rings. The van der Waals surface area contributed by atoms with E-state index in [4.69, 9.17) is 51.8 Å². The van der Waals surface area contributed by atoms with Crippen LogP contribution in [0.5, 0.6) is 0 Å². The van der Waals surface area contributed by atoms with Crippen LogP contribution in [0.4, 0.5) is 0 Å². The highest BCUT2D eigenvalue weighted by molar-refractivity contribution is 7.80. The molecule has 0 unspecified atom stereocenters. The number of alkyl halides is 3. The first kappa shape index (κ1) is 18.0. The normalized spacial score (nSPS) is 17.8. The highest BCUT2D eigenvalue weighted by atomic mass is 35.6. The van der Waals surface area contributed by atoms with E-state index in [1.165, 1.54) is 0 Å². The third-order valence-corrected chi connectivity index (χ3v) is 3.74. The summed E-state index contributed by atoms with van der Waals surface area (Å²) in [6, 6.07) is 0. The second-order valence-electron chi connectivity index (χ2n) is 4.69. The lowest BCUT2D eigenvalue weighted by atomic mass is 10.2. The van der Waals surface area contributed by atoms with E-state index in [2.05, 4.69) is 10.6 Å². The second-order valence-corrected chi connectivity index (χ2v) is 7.44.